The Kier molecular flexibility index (Phi) is 2.43. The molecule has 1 fully saturated rings. The molecular weight excluding hydrogens is 205 g/mol. The van der Waals surface area contributed by atoms with Crippen LogP contribution in [0.5, 0.6) is 0 Å². The molecule has 0 spiro atoms. The molecular formula is C9H12ClFN3+. The lowest BCUT2D eigenvalue weighted by Gasteiger charge is -2.26. The van der Waals surface area contributed by atoms with Gasteiger partial charge in [-0.2, -0.15) is 5.84 Å². The first kappa shape index (κ1) is 9.83. The van der Waals surface area contributed by atoms with Crippen LogP contribution in [0.25, 0.3) is 0 Å². The molecule has 1 aromatic rings. The van der Waals surface area contributed by atoms with Crippen molar-refractivity contribution in [1.29, 1.82) is 0 Å². The lowest BCUT2D eigenvalue weighted by Crippen LogP contribution is -2.53. The minimum absolute atomic E-state index is 0.0976. The van der Waals surface area contributed by atoms with Crippen molar-refractivity contribution in [1.82, 2.24) is 9.58 Å². The Hall–Kier alpha value is -0.710. The number of nitrogens with zero attached hydrogens (tertiary/aromatic N) is 2. The number of nitrogens with two attached hydrogens (primary N) is 1. The average molecular weight is 217 g/mol. The van der Waals surface area contributed by atoms with Crippen LogP contribution < -0.4 is 10.4 Å². The van der Waals surface area contributed by atoms with E-state index in [1.54, 1.807) is 6.20 Å². The van der Waals surface area contributed by atoms with Gasteiger partial charge in [-0.3, -0.25) is 0 Å². The summed E-state index contributed by atoms with van der Waals surface area (Å²) in [4.78, 5) is 3.76. The third kappa shape index (κ3) is 1.61. The second-order valence-electron chi connectivity index (χ2n) is 3.65. The molecule has 76 valence electrons. The minimum atomic E-state index is -0.501. The molecule has 0 saturated carbocycles. The van der Waals surface area contributed by atoms with Gasteiger partial charge in [-0.25, -0.2) is 14.0 Å². The molecule has 1 saturated heterocycles. The fraction of sp³-hybridized carbons (Fsp3) is 0.444. The summed E-state index contributed by atoms with van der Waals surface area (Å²) in [5.41, 5.74) is 0.699. The van der Waals surface area contributed by atoms with Crippen LogP contribution in [-0.2, 0) is 0 Å². The minimum Gasteiger partial charge on any atom is -0.235 e. The first-order valence-corrected chi connectivity index (χ1v) is 4.97. The van der Waals surface area contributed by atoms with Gasteiger partial charge in [-0.1, -0.05) is 11.6 Å². The molecule has 1 aliphatic heterocycles. The van der Waals surface area contributed by atoms with Crippen LogP contribution >= 0.6 is 11.6 Å². The number of hydrogen-bond acceptors (Lipinski definition) is 2. The maximum atomic E-state index is 13.1. The first-order chi connectivity index (χ1) is 6.62. The molecule has 0 unspecified atom stereocenters. The van der Waals surface area contributed by atoms with E-state index >= 15 is 0 Å². The van der Waals surface area contributed by atoms with Crippen LogP contribution in [0.15, 0.2) is 12.3 Å². The summed E-state index contributed by atoms with van der Waals surface area (Å²) < 4.78 is 13.4. The SMILES string of the molecule is N[N+]1(c2cnc(Cl)c(F)c2)CCCC1. The van der Waals surface area contributed by atoms with Gasteiger partial charge in [-0.05, 0) is 0 Å². The van der Waals surface area contributed by atoms with E-state index < -0.39 is 5.82 Å². The van der Waals surface area contributed by atoms with Gasteiger partial charge in [-0.15, -0.1) is 0 Å². The fourth-order valence-corrected chi connectivity index (χ4v) is 1.92. The summed E-state index contributed by atoms with van der Waals surface area (Å²) in [6.07, 6.45) is 3.69. The molecule has 1 aromatic heterocycles. The van der Waals surface area contributed by atoms with Gasteiger partial charge >= 0.3 is 0 Å². The van der Waals surface area contributed by atoms with Crippen molar-refractivity contribution < 1.29 is 4.39 Å². The monoisotopic (exact) mass is 216 g/mol. The molecule has 14 heavy (non-hydrogen) atoms. The zero-order valence-corrected chi connectivity index (χ0v) is 8.47. The molecule has 0 bridgehead atoms. The van der Waals surface area contributed by atoms with Crippen molar-refractivity contribution in [3.63, 3.8) is 0 Å². The molecule has 2 rings (SSSR count). The van der Waals surface area contributed by atoms with Crippen LogP contribution in [0, 0.1) is 5.82 Å². The lowest BCUT2D eigenvalue weighted by atomic mass is 10.3. The highest BCUT2D eigenvalue weighted by molar-refractivity contribution is 6.29. The maximum absolute atomic E-state index is 13.1. The zero-order valence-electron chi connectivity index (χ0n) is 7.71. The van der Waals surface area contributed by atoms with Gasteiger partial charge in [0.05, 0.1) is 6.20 Å². The van der Waals surface area contributed by atoms with Gasteiger partial charge in [0.25, 0.3) is 0 Å². The number of aromatic nitrogens is 1. The van der Waals surface area contributed by atoms with Crippen molar-refractivity contribution in [2.75, 3.05) is 13.1 Å². The van der Waals surface area contributed by atoms with Crippen LogP contribution in [0.1, 0.15) is 12.8 Å². The Morgan fingerprint density at radius 1 is 1.43 bits per heavy atom. The number of hydrogen-bond donors (Lipinski definition) is 1. The van der Waals surface area contributed by atoms with Crippen molar-refractivity contribution in [3.05, 3.63) is 23.2 Å². The van der Waals surface area contributed by atoms with Crippen molar-refractivity contribution >= 4 is 17.3 Å². The predicted molar refractivity (Wildman–Crippen MR) is 54.2 cm³/mol. The van der Waals surface area contributed by atoms with Crippen LogP contribution in [0.2, 0.25) is 5.15 Å². The van der Waals surface area contributed by atoms with Gasteiger partial charge < -0.3 is 0 Å². The molecule has 2 heterocycles. The van der Waals surface area contributed by atoms with E-state index in [9.17, 15) is 4.39 Å². The Labute approximate surface area is 86.9 Å². The standard InChI is InChI=1S/C9H12ClFN3/c10-9-8(11)5-7(6-13-9)14(12)3-1-2-4-14/h5-6H,1-4,12H2/q+1. The summed E-state index contributed by atoms with van der Waals surface area (Å²) in [7, 11) is 0. The second-order valence-corrected chi connectivity index (χ2v) is 4.01. The van der Waals surface area contributed by atoms with Gasteiger partial charge in [0, 0.05) is 18.9 Å². The molecule has 5 heteroatoms. The smallest absolute Gasteiger partial charge is 0.173 e. The Balaban J connectivity index is 2.36. The average Bonchev–Trinajstić information content (AvgIpc) is 2.58. The van der Waals surface area contributed by atoms with E-state index in [4.69, 9.17) is 17.4 Å². The van der Waals surface area contributed by atoms with E-state index in [1.807, 2.05) is 0 Å². The predicted octanol–water partition coefficient (Wildman–Crippen LogP) is 1.85. The molecule has 2 N–H and O–H groups in total. The number of rotatable bonds is 1. The van der Waals surface area contributed by atoms with E-state index in [0.29, 0.717) is 5.69 Å². The summed E-state index contributed by atoms with van der Waals surface area (Å²) in [6, 6.07) is 1.38. The van der Waals surface area contributed by atoms with Crippen molar-refractivity contribution in [3.8, 4) is 0 Å². The van der Waals surface area contributed by atoms with Gasteiger partial charge in [0.1, 0.15) is 13.1 Å². The largest absolute Gasteiger partial charge is 0.235 e. The number of quaternary nitrogens is 1. The lowest BCUT2D eigenvalue weighted by molar-refractivity contribution is 0.345. The summed E-state index contributed by atoms with van der Waals surface area (Å²) in [5, 5.41) is -0.0976. The van der Waals surface area contributed by atoms with Crippen LogP contribution in [0.4, 0.5) is 10.1 Å². The number of halogens is 2. The van der Waals surface area contributed by atoms with Crippen LogP contribution in [0.3, 0.4) is 0 Å². The van der Waals surface area contributed by atoms with Gasteiger partial charge in [0.2, 0.25) is 0 Å². The Morgan fingerprint density at radius 2 is 2.07 bits per heavy atom. The van der Waals surface area contributed by atoms with Crippen molar-refractivity contribution in [2.45, 2.75) is 12.8 Å². The summed E-state index contributed by atoms with van der Waals surface area (Å²) in [6.45, 7) is 1.67. The van der Waals surface area contributed by atoms with E-state index in [2.05, 4.69) is 4.98 Å². The Morgan fingerprint density at radius 3 is 2.64 bits per heavy atom. The van der Waals surface area contributed by atoms with E-state index in [1.165, 1.54) is 6.07 Å². The molecule has 0 amide bonds. The quantitative estimate of drug-likeness (QED) is 0.442. The van der Waals surface area contributed by atoms with E-state index in [0.717, 1.165) is 25.9 Å². The highest BCUT2D eigenvalue weighted by atomic mass is 35.5. The second kappa shape index (κ2) is 3.46. The summed E-state index contributed by atoms with van der Waals surface area (Å²) in [5.74, 6) is 5.59. The zero-order chi connectivity index (χ0) is 10.2. The highest BCUT2D eigenvalue weighted by Gasteiger charge is 2.32. The molecule has 3 nitrogen and oxygen atoms in total. The highest BCUT2D eigenvalue weighted by Crippen LogP contribution is 2.26. The maximum Gasteiger partial charge on any atom is 0.173 e. The van der Waals surface area contributed by atoms with E-state index in [-0.39, 0.29) is 9.75 Å². The fourth-order valence-electron chi connectivity index (χ4n) is 1.81. The third-order valence-electron chi connectivity index (χ3n) is 2.66. The molecule has 0 aliphatic carbocycles. The first-order valence-electron chi connectivity index (χ1n) is 4.59. The molecule has 0 atom stereocenters. The topological polar surface area (TPSA) is 38.9 Å². The normalized spacial score (nSPS) is 19.9. The Bertz CT molecular complexity index is 350. The summed E-state index contributed by atoms with van der Waals surface area (Å²) >= 11 is 5.50. The van der Waals surface area contributed by atoms with Crippen LogP contribution in [-0.4, -0.2) is 18.1 Å². The number of pyridine rings is 1. The molecule has 1 aliphatic rings. The van der Waals surface area contributed by atoms with Gasteiger partial charge in [0.15, 0.2) is 16.7 Å². The van der Waals surface area contributed by atoms with Crippen molar-refractivity contribution in [2.24, 2.45) is 5.84 Å². The molecule has 0 aromatic carbocycles. The third-order valence-corrected chi connectivity index (χ3v) is 2.94. The molecule has 0 radical (unpaired) electrons.